The number of anilines is 1. The molecular weight excluding hydrogens is 486 g/mol. The highest BCUT2D eigenvalue weighted by atomic mass is 35.5. The molecule has 5 nitrogen and oxygen atoms in total. The average Bonchev–Trinajstić information content (AvgIpc) is 2.83. The largest absolute Gasteiger partial charge is 0.491 e. The fraction of sp³-hybridized carbons (Fsp3) is 0.357. The molecule has 1 aliphatic rings. The van der Waals surface area contributed by atoms with Crippen molar-refractivity contribution >= 4 is 17.3 Å². The number of rotatable bonds is 8. The number of aliphatic hydroxyl groups is 2. The predicted molar refractivity (Wildman–Crippen MR) is 138 cm³/mol. The summed E-state index contributed by atoms with van der Waals surface area (Å²) < 4.78 is 32.7. The summed E-state index contributed by atoms with van der Waals surface area (Å²) in [6, 6.07) is 17.6. The molecule has 2 N–H and O–H groups in total. The molecule has 0 amide bonds. The van der Waals surface area contributed by atoms with Crippen LogP contribution in [-0.4, -0.2) is 54.0 Å². The summed E-state index contributed by atoms with van der Waals surface area (Å²) in [6.45, 7) is 5.74. The van der Waals surface area contributed by atoms with E-state index >= 15 is 0 Å². The molecule has 3 atom stereocenters. The highest BCUT2D eigenvalue weighted by Gasteiger charge is 2.34. The minimum absolute atomic E-state index is 0.148. The van der Waals surface area contributed by atoms with Crippen LogP contribution in [0.2, 0.25) is 5.02 Å². The van der Waals surface area contributed by atoms with Gasteiger partial charge in [-0.15, -0.1) is 0 Å². The number of halogens is 3. The minimum atomic E-state index is -1.18. The standard InChI is InChI=1S/C28H31ClF2N2O3/c1-19(34)17-36-24-11-12-26(25(29)15-24)33-14-13-32(16-27(33)20-3-7-22(30)8-4-20)18-28(2,35)21-5-9-23(31)10-6-21/h3-12,15,19,27,34-35H,13-14,16-18H2,1-2H3/t19-,27+,28-/m1/s1. The maximum Gasteiger partial charge on any atom is 0.123 e. The molecule has 36 heavy (non-hydrogen) atoms. The molecule has 1 aliphatic heterocycles. The highest BCUT2D eigenvalue weighted by Crippen LogP contribution is 2.38. The highest BCUT2D eigenvalue weighted by molar-refractivity contribution is 6.33. The van der Waals surface area contributed by atoms with E-state index in [1.165, 1.54) is 24.3 Å². The maximum atomic E-state index is 13.7. The molecule has 192 valence electrons. The van der Waals surface area contributed by atoms with Crippen LogP contribution in [-0.2, 0) is 5.60 Å². The molecular formula is C28H31ClF2N2O3. The van der Waals surface area contributed by atoms with Gasteiger partial charge in [0.15, 0.2) is 0 Å². The third kappa shape index (κ3) is 6.34. The van der Waals surface area contributed by atoms with Gasteiger partial charge in [-0.05, 0) is 61.4 Å². The van der Waals surface area contributed by atoms with Crippen molar-refractivity contribution in [1.82, 2.24) is 4.90 Å². The number of β-amino-alcohol motifs (C(OH)–C–C–N with tert-alkyl or cyclic N) is 1. The van der Waals surface area contributed by atoms with Gasteiger partial charge < -0.3 is 19.8 Å². The summed E-state index contributed by atoms with van der Waals surface area (Å²) in [5.74, 6) is -0.0921. The van der Waals surface area contributed by atoms with Crippen molar-refractivity contribution in [3.63, 3.8) is 0 Å². The molecule has 3 aromatic rings. The van der Waals surface area contributed by atoms with Gasteiger partial charge in [-0.1, -0.05) is 35.9 Å². The zero-order valence-corrected chi connectivity index (χ0v) is 21.1. The number of ether oxygens (including phenoxy) is 1. The van der Waals surface area contributed by atoms with Crippen LogP contribution >= 0.6 is 11.6 Å². The van der Waals surface area contributed by atoms with Gasteiger partial charge in [-0.25, -0.2) is 8.78 Å². The number of hydrogen-bond donors (Lipinski definition) is 2. The summed E-state index contributed by atoms with van der Waals surface area (Å²) in [6.07, 6.45) is -0.591. The van der Waals surface area contributed by atoms with Crippen LogP contribution in [0.15, 0.2) is 66.7 Å². The van der Waals surface area contributed by atoms with Gasteiger partial charge in [0, 0.05) is 32.2 Å². The van der Waals surface area contributed by atoms with E-state index in [9.17, 15) is 19.0 Å². The summed E-state index contributed by atoms with van der Waals surface area (Å²) in [5, 5.41) is 21.2. The topological polar surface area (TPSA) is 56.2 Å². The molecule has 0 aromatic heterocycles. The molecule has 0 saturated carbocycles. The van der Waals surface area contributed by atoms with Crippen LogP contribution in [0.3, 0.4) is 0 Å². The second kappa shape index (κ2) is 11.1. The monoisotopic (exact) mass is 516 g/mol. The molecule has 0 aliphatic carbocycles. The van der Waals surface area contributed by atoms with Crippen LogP contribution in [0.5, 0.6) is 5.75 Å². The Morgan fingerprint density at radius 3 is 2.28 bits per heavy atom. The Balaban J connectivity index is 1.58. The molecule has 0 bridgehead atoms. The first-order valence-electron chi connectivity index (χ1n) is 12.0. The third-order valence-electron chi connectivity index (χ3n) is 6.44. The second-order valence-corrected chi connectivity index (χ2v) is 9.96. The Kier molecular flexibility index (Phi) is 8.15. The molecule has 8 heteroatoms. The summed E-state index contributed by atoms with van der Waals surface area (Å²) in [4.78, 5) is 4.33. The summed E-state index contributed by atoms with van der Waals surface area (Å²) in [5.41, 5.74) is 1.21. The van der Waals surface area contributed by atoms with Gasteiger partial charge in [0.2, 0.25) is 0 Å². The zero-order chi connectivity index (χ0) is 25.9. The third-order valence-corrected chi connectivity index (χ3v) is 6.74. The van der Waals surface area contributed by atoms with Crippen LogP contribution in [0.25, 0.3) is 0 Å². The smallest absolute Gasteiger partial charge is 0.123 e. The number of piperazine rings is 1. The molecule has 3 aromatic carbocycles. The Bertz CT molecular complexity index is 1160. The number of benzene rings is 3. The number of nitrogens with zero attached hydrogens (tertiary/aromatic N) is 2. The van der Waals surface area contributed by atoms with Crippen molar-refractivity contribution in [2.75, 3.05) is 37.7 Å². The van der Waals surface area contributed by atoms with Gasteiger partial charge in [0.25, 0.3) is 0 Å². The molecule has 0 spiro atoms. The first-order chi connectivity index (χ1) is 17.1. The van der Waals surface area contributed by atoms with Crippen molar-refractivity contribution in [3.05, 3.63) is 94.5 Å². The lowest BCUT2D eigenvalue weighted by atomic mass is 9.94. The molecule has 0 unspecified atom stereocenters. The Hall–Kier alpha value is -2.71. The van der Waals surface area contributed by atoms with Gasteiger partial charge in [0.1, 0.15) is 24.0 Å². The Morgan fingerprint density at radius 2 is 1.67 bits per heavy atom. The Labute approximate surface area is 215 Å². The summed E-state index contributed by atoms with van der Waals surface area (Å²) >= 11 is 6.66. The van der Waals surface area contributed by atoms with Crippen LogP contribution in [0.4, 0.5) is 14.5 Å². The van der Waals surface area contributed by atoms with Crippen molar-refractivity contribution in [3.8, 4) is 5.75 Å². The van der Waals surface area contributed by atoms with Gasteiger partial charge in [0.05, 0.1) is 28.5 Å². The number of hydrogen-bond acceptors (Lipinski definition) is 5. The van der Waals surface area contributed by atoms with E-state index in [0.29, 0.717) is 42.5 Å². The SMILES string of the molecule is C[C@@H](O)COc1ccc(N2CCN(C[C@@](C)(O)c3ccc(F)cc3)C[C@H]2c2ccc(F)cc2)c(Cl)c1. The van der Waals surface area contributed by atoms with Crippen LogP contribution in [0.1, 0.15) is 31.0 Å². The predicted octanol–water partition coefficient (Wildman–Crippen LogP) is 5.15. The van der Waals surface area contributed by atoms with E-state index in [2.05, 4.69) is 9.80 Å². The van der Waals surface area contributed by atoms with Gasteiger partial charge >= 0.3 is 0 Å². The van der Waals surface area contributed by atoms with Crippen LogP contribution in [0, 0.1) is 11.6 Å². The molecule has 1 heterocycles. The lowest BCUT2D eigenvalue weighted by molar-refractivity contribution is 0.0102. The first-order valence-corrected chi connectivity index (χ1v) is 12.3. The summed E-state index contributed by atoms with van der Waals surface area (Å²) in [7, 11) is 0. The molecule has 0 radical (unpaired) electrons. The van der Waals surface area contributed by atoms with Crippen molar-refractivity contribution in [2.45, 2.75) is 31.6 Å². The van der Waals surface area contributed by atoms with E-state index in [-0.39, 0.29) is 24.3 Å². The fourth-order valence-corrected chi connectivity index (χ4v) is 4.88. The lowest BCUT2D eigenvalue weighted by Crippen LogP contribution is -2.52. The number of aliphatic hydroxyl groups excluding tert-OH is 1. The van der Waals surface area contributed by atoms with Gasteiger partial charge in [-0.2, -0.15) is 0 Å². The lowest BCUT2D eigenvalue weighted by Gasteiger charge is -2.45. The Morgan fingerprint density at radius 1 is 1.03 bits per heavy atom. The minimum Gasteiger partial charge on any atom is -0.491 e. The van der Waals surface area contributed by atoms with E-state index in [1.54, 1.807) is 44.2 Å². The van der Waals surface area contributed by atoms with Crippen LogP contribution < -0.4 is 9.64 Å². The van der Waals surface area contributed by atoms with Gasteiger partial charge in [-0.3, -0.25) is 4.90 Å². The zero-order valence-electron chi connectivity index (χ0n) is 20.4. The van der Waals surface area contributed by atoms with Crippen molar-refractivity contribution in [1.29, 1.82) is 0 Å². The fourth-order valence-electron chi connectivity index (χ4n) is 4.60. The van der Waals surface area contributed by atoms with E-state index in [4.69, 9.17) is 16.3 Å². The molecule has 4 rings (SSSR count). The van der Waals surface area contributed by atoms with Crippen molar-refractivity contribution in [2.24, 2.45) is 0 Å². The second-order valence-electron chi connectivity index (χ2n) is 9.55. The normalized spacial score (nSPS) is 19.1. The van der Waals surface area contributed by atoms with E-state index in [1.807, 2.05) is 12.1 Å². The van der Waals surface area contributed by atoms with Crippen molar-refractivity contribution < 1.29 is 23.7 Å². The molecule has 1 fully saturated rings. The quantitative estimate of drug-likeness (QED) is 0.434. The average molecular weight is 517 g/mol. The maximum absolute atomic E-state index is 13.7. The molecule has 1 saturated heterocycles. The van der Waals surface area contributed by atoms with E-state index < -0.39 is 11.7 Å². The van der Waals surface area contributed by atoms with E-state index in [0.717, 1.165) is 11.3 Å². The first kappa shape index (κ1) is 26.4.